The number of amides is 3. The van der Waals surface area contributed by atoms with Gasteiger partial charge in [-0.15, -0.1) is 0 Å². The first-order chi connectivity index (χ1) is 19.4. The molecule has 1 N–H and O–H groups in total. The van der Waals surface area contributed by atoms with Crippen LogP contribution in [0, 0.1) is 23.2 Å². The molecule has 2 aromatic heterocycles. The van der Waals surface area contributed by atoms with Crippen molar-refractivity contribution >= 4 is 29.9 Å². The Hall–Kier alpha value is -3.88. The zero-order valence-corrected chi connectivity index (χ0v) is 22.8. The van der Waals surface area contributed by atoms with E-state index in [1.54, 1.807) is 23.1 Å². The lowest BCUT2D eigenvalue weighted by molar-refractivity contribution is -0.136. The van der Waals surface area contributed by atoms with Crippen LogP contribution in [0.2, 0.25) is 0 Å². The fourth-order valence-electron chi connectivity index (χ4n) is 5.16. The number of aldehydes is 1. The van der Waals surface area contributed by atoms with Crippen LogP contribution in [0.3, 0.4) is 0 Å². The van der Waals surface area contributed by atoms with Gasteiger partial charge in [0.2, 0.25) is 5.91 Å². The van der Waals surface area contributed by atoms with Gasteiger partial charge in [-0.25, -0.2) is 14.8 Å². The van der Waals surface area contributed by atoms with Gasteiger partial charge in [0.1, 0.15) is 23.4 Å². The fourth-order valence-corrected chi connectivity index (χ4v) is 5.16. The number of piperazine rings is 1. The predicted octanol–water partition coefficient (Wildman–Crippen LogP) is 2.85. The molecule has 11 nitrogen and oxygen atoms in total. The Morgan fingerprint density at radius 3 is 2.80 bits per heavy atom. The Bertz CT molecular complexity index is 1300. The molecule has 3 fully saturated rings. The summed E-state index contributed by atoms with van der Waals surface area (Å²) < 4.78 is 5.53. The number of rotatable bonds is 10. The Morgan fingerprint density at radius 2 is 2.10 bits per heavy atom. The van der Waals surface area contributed by atoms with Crippen LogP contribution >= 0.6 is 0 Å². The van der Waals surface area contributed by atoms with Crippen LogP contribution in [-0.4, -0.2) is 84.4 Å². The monoisotopic (exact) mass is 545 g/mol. The standard InChI is InChI=1S/C29H35N7O4/c1-34-9-10-35(28(38)17-34)16-23-6-7-27(32-25(23)18-37)36(15-21-8-11-40-19-21)29(39)33-26-12-22(5-4-20-2-3-20)24(13-30)14-31-26/h6-7,12,14,18,20-21H,2-5,8-11,15-17,19H2,1H3,(H,31,33,39). The molecular formula is C29H35N7O4. The number of likely N-dealkylation sites (N-methyl/N-ethyl adjacent to an activating group) is 1. The Balaban J connectivity index is 1.35. The number of ether oxygens (including phenoxy) is 1. The van der Waals surface area contributed by atoms with Crippen LogP contribution in [0.5, 0.6) is 0 Å². The maximum atomic E-state index is 13.6. The van der Waals surface area contributed by atoms with Crippen LogP contribution in [0.25, 0.3) is 0 Å². The number of nitrogens with zero attached hydrogens (tertiary/aromatic N) is 6. The van der Waals surface area contributed by atoms with E-state index in [9.17, 15) is 19.6 Å². The van der Waals surface area contributed by atoms with E-state index in [1.807, 2.05) is 11.9 Å². The molecule has 1 unspecified atom stereocenters. The quantitative estimate of drug-likeness (QED) is 0.451. The summed E-state index contributed by atoms with van der Waals surface area (Å²) in [4.78, 5) is 52.2. The molecule has 3 aliphatic rings. The summed E-state index contributed by atoms with van der Waals surface area (Å²) in [7, 11) is 1.90. The van der Waals surface area contributed by atoms with Gasteiger partial charge in [0.25, 0.3) is 0 Å². The molecule has 2 saturated heterocycles. The van der Waals surface area contributed by atoms with E-state index in [4.69, 9.17) is 4.74 Å². The van der Waals surface area contributed by atoms with Gasteiger partial charge in [-0.05, 0) is 49.9 Å². The largest absolute Gasteiger partial charge is 0.381 e. The van der Waals surface area contributed by atoms with Gasteiger partial charge in [0, 0.05) is 50.5 Å². The third-order valence-electron chi connectivity index (χ3n) is 7.83. The number of nitrogens with one attached hydrogen (secondary N) is 1. The first kappa shape index (κ1) is 27.7. The van der Waals surface area contributed by atoms with Gasteiger partial charge < -0.3 is 9.64 Å². The lowest BCUT2D eigenvalue weighted by Gasteiger charge is -2.32. The number of anilines is 2. The van der Waals surface area contributed by atoms with E-state index >= 15 is 0 Å². The van der Waals surface area contributed by atoms with Crippen LogP contribution in [-0.2, 0) is 22.5 Å². The molecular weight excluding hydrogens is 510 g/mol. The van der Waals surface area contributed by atoms with Crippen molar-refractivity contribution < 1.29 is 19.1 Å². The Morgan fingerprint density at radius 1 is 1.25 bits per heavy atom. The number of hydrogen-bond donors (Lipinski definition) is 1. The number of urea groups is 1. The molecule has 0 radical (unpaired) electrons. The molecule has 40 heavy (non-hydrogen) atoms. The van der Waals surface area contributed by atoms with Gasteiger partial charge >= 0.3 is 6.03 Å². The number of nitriles is 1. The Labute approximate surface area is 234 Å². The van der Waals surface area contributed by atoms with Crippen LogP contribution in [0.4, 0.5) is 16.4 Å². The van der Waals surface area contributed by atoms with Gasteiger partial charge in [-0.2, -0.15) is 5.26 Å². The summed E-state index contributed by atoms with van der Waals surface area (Å²) in [6, 6.07) is 7.02. The number of carbonyl (C=O) groups excluding carboxylic acids is 3. The lowest BCUT2D eigenvalue weighted by Crippen LogP contribution is -2.48. The summed E-state index contributed by atoms with van der Waals surface area (Å²) in [5.74, 6) is 1.55. The lowest BCUT2D eigenvalue weighted by atomic mass is 10.0. The van der Waals surface area contributed by atoms with E-state index in [2.05, 4.69) is 21.4 Å². The third-order valence-corrected chi connectivity index (χ3v) is 7.83. The normalized spacial score (nSPS) is 19.4. The topological polar surface area (TPSA) is 132 Å². The van der Waals surface area contributed by atoms with Crippen molar-refractivity contribution in [1.29, 1.82) is 5.26 Å². The second-order valence-corrected chi connectivity index (χ2v) is 11.0. The second kappa shape index (κ2) is 12.5. The minimum atomic E-state index is -0.427. The van der Waals surface area contributed by atoms with Crippen molar-refractivity contribution in [2.24, 2.45) is 11.8 Å². The highest BCUT2D eigenvalue weighted by molar-refractivity contribution is 6.01. The second-order valence-electron chi connectivity index (χ2n) is 11.0. The van der Waals surface area contributed by atoms with Crippen LogP contribution in [0.1, 0.15) is 52.9 Å². The van der Waals surface area contributed by atoms with Gasteiger partial charge in [0.15, 0.2) is 6.29 Å². The highest BCUT2D eigenvalue weighted by atomic mass is 16.5. The molecule has 1 saturated carbocycles. The van der Waals surface area contributed by atoms with Gasteiger partial charge in [-0.1, -0.05) is 18.9 Å². The van der Waals surface area contributed by atoms with Gasteiger partial charge in [0.05, 0.1) is 18.7 Å². The van der Waals surface area contributed by atoms with Crippen molar-refractivity contribution in [3.8, 4) is 6.07 Å². The summed E-state index contributed by atoms with van der Waals surface area (Å²) in [5, 5.41) is 12.4. The number of carbonyl (C=O) groups is 3. The average molecular weight is 546 g/mol. The van der Waals surface area contributed by atoms with Crippen LogP contribution in [0.15, 0.2) is 24.4 Å². The van der Waals surface area contributed by atoms with Crippen molar-refractivity contribution in [1.82, 2.24) is 19.8 Å². The molecule has 210 valence electrons. The maximum Gasteiger partial charge on any atom is 0.328 e. The summed E-state index contributed by atoms with van der Waals surface area (Å²) in [6.07, 6.45) is 7.24. The molecule has 0 spiro atoms. The molecule has 2 aliphatic heterocycles. The number of aryl methyl sites for hydroxylation is 1. The van der Waals surface area contributed by atoms with Crippen LogP contribution < -0.4 is 10.2 Å². The minimum Gasteiger partial charge on any atom is -0.381 e. The maximum absolute atomic E-state index is 13.6. The molecule has 11 heteroatoms. The molecule has 2 aromatic rings. The fraction of sp³-hybridized carbons (Fsp3) is 0.517. The summed E-state index contributed by atoms with van der Waals surface area (Å²) in [5.41, 5.74) is 2.23. The Kier molecular flexibility index (Phi) is 8.67. The number of pyridine rings is 2. The van der Waals surface area contributed by atoms with Crippen molar-refractivity contribution in [2.45, 2.75) is 38.6 Å². The molecule has 5 rings (SSSR count). The van der Waals surface area contributed by atoms with E-state index in [0.717, 1.165) is 37.3 Å². The van der Waals surface area contributed by atoms with E-state index in [0.29, 0.717) is 61.9 Å². The van der Waals surface area contributed by atoms with Gasteiger partial charge in [-0.3, -0.25) is 24.7 Å². The first-order valence-corrected chi connectivity index (χ1v) is 13.9. The average Bonchev–Trinajstić information content (AvgIpc) is 3.64. The highest BCUT2D eigenvalue weighted by Gasteiger charge is 2.27. The van der Waals surface area contributed by atoms with Crippen molar-refractivity contribution in [3.05, 3.63) is 46.8 Å². The van der Waals surface area contributed by atoms with E-state index < -0.39 is 6.03 Å². The molecule has 3 amide bonds. The molecule has 1 atom stereocenters. The zero-order valence-electron chi connectivity index (χ0n) is 22.8. The zero-order chi connectivity index (χ0) is 28.1. The van der Waals surface area contributed by atoms with E-state index in [1.165, 1.54) is 23.9 Å². The molecule has 1 aliphatic carbocycles. The molecule has 0 bridgehead atoms. The molecule has 4 heterocycles. The van der Waals surface area contributed by atoms with Crippen molar-refractivity contribution in [3.63, 3.8) is 0 Å². The third kappa shape index (κ3) is 6.81. The van der Waals surface area contributed by atoms with Crippen molar-refractivity contribution in [2.75, 3.05) is 56.7 Å². The molecule has 0 aromatic carbocycles. The summed E-state index contributed by atoms with van der Waals surface area (Å²) >= 11 is 0. The van der Waals surface area contributed by atoms with E-state index in [-0.39, 0.29) is 24.1 Å². The SMILES string of the molecule is CN1CCN(Cc2ccc(N(CC3CCOC3)C(=O)Nc3cc(CCC4CC4)c(C#N)cn3)nc2C=O)C(=O)C1. The highest BCUT2D eigenvalue weighted by Crippen LogP contribution is 2.34. The number of aromatic nitrogens is 2. The minimum absolute atomic E-state index is 0.00308. The number of hydrogen-bond acceptors (Lipinski definition) is 8. The summed E-state index contributed by atoms with van der Waals surface area (Å²) in [6.45, 7) is 3.49. The smallest absolute Gasteiger partial charge is 0.328 e. The first-order valence-electron chi connectivity index (χ1n) is 13.9. The predicted molar refractivity (Wildman–Crippen MR) is 148 cm³/mol.